The van der Waals surface area contributed by atoms with Crippen LogP contribution in [0, 0.1) is 0 Å². The third kappa shape index (κ3) is 2.62. The van der Waals surface area contributed by atoms with E-state index in [-0.39, 0.29) is 11.6 Å². The monoisotopic (exact) mass is 286 g/mol. The second-order valence-corrected chi connectivity index (χ2v) is 4.93. The van der Waals surface area contributed by atoms with Gasteiger partial charge in [-0.15, -0.1) is 0 Å². The van der Waals surface area contributed by atoms with E-state index in [1.165, 1.54) is 18.3 Å². The molecule has 0 spiro atoms. The Kier molecular flexibility index (Phi) is 3.39. The molecule has 0 atom stereocenters. The maximum absolute atomic E-state index is 12.2. The molecule has 2 aromatic heterocycles. The minimum Gasteiger partial charge on any atom is -0.477 e. The van der Waals surface area contributed by atoms with Crippen molar-refractivity contribution in [1.29, 1.82) is 0 Å². The Labute approximate surface area is 120 Å². The molecule has 2 aromatic rings. The van der Waals surface area contributed by atoms with E-state index < -0.39 is 5.97 Å². The Hall–Kier alpha value is -2.70. The fraction of sp³-hybridized carbons (Fsp3) is 0.286. The number of rotatable bonds is 3. The summed E-state index contributed by atoms with van der Waals surface area (Å²) in [6.45, 7) is 0. The van der Waals surface area contributed by atoms with Gasteiger partial charge in [0.1, 0.15) is 5.69 Å². The molecule has 0 aliphatic heterocycles. The van der Waals surface area contributed by atoms with Crippen LogP contribution >= 0.6 is 0 Å². The summed E-state index contributed by atoms with van der Waals surface area (Å²) < 4.78 is 0. The van der Waals surface area contributed by atoms with Crippen LogP contribution in [0.15, 0.2) is 18.3 Å². The molecular weight excluding hydrogens is 272 g/mol. The number of hydrogen-bond donors (Lipinski definition) is 3. The van der Waals surface area contributed by atoms with Gasteiger partial charge in [0.15, 0.2) is 5.69 Å². The van der Waals surface area contributed by atoms with Crippen molar-refractivity contribution in [3.63, 3.8) is 0 Å². The van der Waals surface area contributed by atoms with Gasteiger partial charge in [0.2, 0.25) is 0 Å². The normalized spacial score (nSPS) is 13.5. The molecule has 108 valence electrons. The summed E-state index contributed by atoms with van der Waals surface area (Å²) in [4.78, 5) is 26.7. The van der Waals surface area contributed by atoms with E-state index in [1.807, 2.05) is 0 Å². The number of carboxylic acids is 1. The van der Waals surface area contributed by atoms with Gasteiger partial charge in [0, 0.05) is 11.3 Å². The third-order valence-electron chi connectivity index (χ3n) is 3.51. The van der Waals surface area contributed by atoms with Gasteiger partial charge in [-0.3, -0.25) is 9.89 Å². The smallest absolute Gasteiger partial charge is 0.354 e. The Morgan fingerprint density at radius 1 is 1.24 bits per heavy atom. The highest BCUT2D eigenvalue weighted by molar-refractivity contribution is 6.04. The SMILES string of the molecule is O=C(O)c1ccc(NC(=O)c2n[nH]c3c2CCCC3)cn1. The number of carboxylic acid groups (broad SMARTS) is 1. The number of nitrogens with one attached hydrogen (secondary N) is 2. The number of aromatic nitrogens is 3. The first-order chi connectivity index (χ1) is 10.1. The topological polar surface area (TPSA) is 108 Å². The van der Waals surface area contributed by atoms with Crippen molar-refractivity contribution < 1.29 is 14.7 Å². The molecule has 1 amide bonds. The predicted molar refractivity (Wildman–Crippen MR) is 74.4 cm³/mol. The van der Waals surface area contributed by atoms with Crippen molar-refractivity contribution in [2.75, 3.05) is 5.32 Å². The second kappa shape index (κ2) is 5.35. The molecule has 3 rings (SSSR count). The number of anilines is 1. The van der Waals surface area contributed by atoms with Crippen molar-refractivity contribution in [3.8, 4) is 0 Å². The number of aromatic carboxylic acids is 1. The zero-order valence-electron chi connectivity index (χ0n) is 11.2. The fourth-order valence-electron chi connectivity index (χ4n) is 2.45. The van der Waals surface area contributed by atoms with Crippen molar-refractivity contribution in [2.24, 2.45) is 0 Å². The average molecular weight is 286 g/mol. The summed E-state index contributed by atoms with van der Waals surface area (Å²) in [5.74, 6) is -1.41. The van der Waals surface area contributed by atoms with Crippen LogP contribution in [0.2, 0.25) is 0 Å². The van der Waals surface area contributed by atoms with E-state index in [0.29, 0.717) is 11.4 Å². The molecule has 21 heavy (non-hydrogen) atoms. The number of amides is 1. The van der Waals surface area contributed by atoms with Crippen LogP contribution in [0.1, 0.15) is 45.1 Å². The average Bonchev–Trinajstić information content (AvgIpc) is 2.92. The Morgan fingerprint density at radius 2 is 2.05 bits per heavy atom. The van der Waals surface area contributed by atoms with Crippen LogP contribution in [0.3, 0.4) is 0 Å². The number of aryl methyl sites for hydroxylation is 1. The molecule has 3 N–H and O–H groups in total. The highest BCUT2D eigenvalue weighted by Gasteiger charge is 2.21. The first kappa shape index (κ1) is 13.3. The van der Waals surface area contributed by atoms with Crippen molar-refractivity contribution in [2.45, 2.75) is 25.7 Å². The first-order valence-corrected chi connectivity index (χ1v) is 6.72. The standard InChI is InChI=1S/C14H14N4O3/c19-13(12-9-3-1-2-4-10(9)17-18-12)16-8-5-6-11(14(20)21)15-7-8/h5-7H,1-4H2,(H,16,19)(H,17,18)(H,20,21). The Morgan fingerprint density at radius 3 is 2.76 bits per heavy atom. The molecule has 0 saturated heterocycles. The quantitative estimate of drug-likeness (QED) is 0.794. The number of nitrogens with zero attached hydrogens (tertiary/aromatic N) is 2. The highest BCUT2D eigenvalue weighted by atomic mass is 16.4. The molecule has 1 aliphatic carbocycles. The molecule has 7 nitrogen and oxygen atoms in total. The van der Waals surface area contributed by atoms with Crippen LogP contribution in [-0.4, -0.2) is 32.2 Å². The Bertz CT molecular complexity index is 691. The van der Waals surface area contributed by atoms with Gasteiger partial charge in [0.05, 0.1) is 11.9 Å². The second-order valence-electron chi connectivity index (χ2n) is 4.93. The van der Waals surface area contributed by atoms with Gasteiger partial charge in [-0.05, 0) is 37.8 Å². The molecule has 1 aliphatic rings. The van der Waals surface area contributed by atoms with Gasteiger partial charge in [0.25, 0.3) is 5.91 Å². The number of carbonyl (C=O) groups is 2. The van der Waals surface area contributed by atoms with Crippen LogP contribution in [0.25, 0.3) is 0 Å². The number of H-pyrrole nitrogens is 1. The lowest BCUT2D eigenvalue weighted by atomic mass is 9.96. The summed E-state index contributed by atoms with van der Waals surface area (Å²) >= 11 is 0. The van der Waals surface area contributed by atoms with Crippen LogP contribution in [-0.2, 0) is 12.8 Å². The zero-order chi connectivity index (χ0) is 14.8. The van der Waals surface area contributed by atoms with Crippen molar-refractivity contribution >= 4 is 17.6 Å². The predicted octanol–water partition coefficient (Wildman–Crippen LogP) is 1.63. The lowest BCUT2D eigenvalue weighted by Gasteiger charge is -2.11. The Balaban J connectivity index is 1.77. The minimum atomic E-state index is -1.10. The zero-order valence-corrected chi connectivity index (χ0v) is 11.2. The molecular formula is C14H14N4O3. The number of carbonyl (C=O) groups excluding carboxylic acids is 1. The van der Waals surface area contributed by atoms with E-state index in [9.17, 15) is 9.59 Å². The minimum absolute atomic E-state index is 0.0647. The first-order valence-electron chi connectivity index (χ1n) is 6.72. The van der Waals surface area contributed by atoms with Gasteiger partial charge >= 0.3 is 5.97 Å². The third-order valence-corrected chi connectivity index (χ3v) is 3.51. The highest BCUT2D eigenvalue weighted by Crippen LogP contribution is 2.22. The summed E-state index contributed by atoms with van der Waals surface area (Å²) in [5.41, 5.74) is 2.80. The van der Waals surface area contributed by atoms with Crippen LogP contribution < -0.4 is 5.32 Å². The van der Waals surface area contributed by atoms with Gasteiger partial charge in [-0.1, -0.05) is 0 Å². The van der Waals surface area contributed by atoms with Crippen LogP contribution in [0.4, 0.5) is 5.69 Å². The van der Waals surface area contributed by atoms with Gasteiger partial charge in [-0.2, -0.15) is 5.10 Å². The lowest BCUT2D eigenvalue weighted by molar-refractivity contribution is 0.0690. The molecule has 2 heterocycles. The van der Waals surface area contributed by atoms with E-state index in [2.05, 4.69) is 20.5 Å². The molecule has 0 aromatic carbocycles. The number of hydrogen-bond acceptors (Lipinski definition) is 4. The van der Waals surface area contributed by atoms with Gasteiger partial charge in [-0.25, -0.2) is 9.78 Å². The summed E-state index contributed by atoms with van der Waals surface area (Å²) in [6, 6.07) is 2.85. The van der Waals surface area contributed by atoms with Crippen molar-refractivity contribution in [3.05, 3.63) is 41.0 Å². The van der Waals surface area contributed by atoms with E-state index >= 15 is 0 Å². The number of aromatic amines is 1. The molecule has 0 bridgehead atoms. The number of fused-ring (bicyclic) bond motifs is 1. The van der Waals surface area contributed by atoms with Crippen molar-refractivity contribution in [1.82, 2.24) is 15.2 Å². The molecule has 0 fully saturated rings. The summed E-state index contributed by atoms with van der Waals surface area (Å²) in [5, 5.41) is 18.5. The van der Waals surface area contributed by atoms with E-state index in [0.717, 1.165) is 36.9 Å². The van der Waals surface area contributed by atoms with E-state index in [1.54, 1.807) is 0 Å². The molecule has 7 heteroatoms. The molecule has 0 radical (unpaired) electrons. The summed E-state index contributed by atoms with van der Waals surface area (Å²) in [7, 11) is 0. The lowest BCUT2D eigenvalue weighted by Crippen LogP contribution is -2.16. The maximum Gasteiger partial charge on any atom is 0.354 e. The summed E-state index contributed by atoms with van der Waals surface area (Å²) in [6.07, 6.45) is 5.26. The van der Waals surface area contributed by atoms with Crippen LogP contribution in [0.5, 0.6) is 0 Å². The molecule has 0 saturated carbocycles. The molecule has 0 unspecified atom stereocenters. The maximum atomic E-state index is 12.2. The largest absolute Gasteiger partial charge is 0.477 e. The van der Waals surface area contributed by atoms with E-state index in [4.69, 9.17) is 5.11 Å². The van der Waals surface area contributed by atoms with Gasteiger partial charge < -0.3 is 10.4 Å². The fourth-order valence-corrected chi connectivity index (χ4v) is 2.45. The number of pyridine rings is 1.